The minimum Gasteiger partial charge on any atom is -0.370 e. The van der Waals surface area contributed by atoms with Crippen molar-refractivity contribution in [1.82, 2.24) is 5.32 Å². The summed E-state index contributed by atoms with van der Waals surface area (Å²) in [4.78, 5) is 2.42. The first-order valence-electron chi connectivity index (χ1n) is 8.19. The first kappa shape index (κ1) is 14.4. The minimum atomic E-state index is 0.634. The van der Waals surface area contributed by atoms with Gasteiger partial charge in [0.15, 0.2) is 0 Å². The Morgan fingerprint density at radius 1 is 1.19 bits per heavy atom. The van der Waals surface area contributed by atoms with E-state index in [9.17, 15) is 5.26 Å². The Morgan fingerprint density at radius 3 is 2.52 bits per heavy atom. The third kappa shape index (κ3) is 2.91. The summed E-state index contributed by atoms with van der Waals surface area (Å²) in [6, 6.07) is 8.70. The molecule has 1 aromatic carbocycles. The van der Waals surface area contributed by atoms with Crippen LogP contribution in [0.5, 0.6) is 0 Å². The Bertz CT molecular complexity index is 528. The van der Waals surface area contributed by atoms with Gasteiger partial charge in [-0.3, -0.25) is 0 Å². The van der Waals surface area contributed by atoms with Gasteiger partial charge in [0.05, 0.1) is 11.3 Å². The van der Waals surface area contributed by atoms with Crippen molar-refractivity contribution >= 4 is 5.69 Å². The van der Waals surface area contributed by atoms with E-state index in [2.05, 4.69) is 28.4 Å². The zero-order valence-electron chi connectivity index (χ0n) is 13.0. The molecular weight excluding hydrogens is 258 g/mol. The lowest BCUT2D eigenvalue weighted by molar-refractivity contribution is 0.226. The van der Waals surface area contributed by atoms with E-state index >= 15 is 0 Å². The van der Waals surface area contributed by atoms with Crippen LogP contribution in [0.2, 0.25) is 0 Å². The Kier molecular flexibility index (Phi) is 4.17. The fourth-order valence-corrected chi connectivity index (χ4v) is 4.11. The Labute approximate surface area is 128 Å². The molecule has 1 aliphatic heterocycles. The van der Waals surface area contributed by atoms with Crippen LogP contribution in [-0.2, 0) is 6.54 Å². The molecule has 0 atom stereocenters. The summed E-state index contributed by atoms with van der Waals surface area (Å²) in [5.74, 6) is 0. The van der Waals surface area contributed by atoms with Crippen LogP contribution in [0, 0.1) is 16.7 Å². The molecule has 1 spiro atoms. The van der Waals surface area contributed by atoms with Crippen molar-refractivity contribution in [3.63, 3.8) is 0 Å². The molecule has 3 rings (SSSR count). The van der Waals surface area contributed by atoms with E-state index in [-0.39, 0.29) is 0 Å². The van der Waals surface area contributed by atoms with Gasteiger partial charge in [0.2, 0.25) is 0 Å². The topological polar surface area (TPSA) is 39.1 Å². The molecule has 21 heavy (non-hydrogen) atoms. The summed E-state index contributed by atoms with van der Waals surface area (Å²) in [7, 11) is 1.94. The van der Waals surface area contributed by atoms with Gasteiger partial charge < -0.3 is 10.2 Å². The fraction of sp³-hybridized carbons (Fsp3) is 0.611. The Morgan fingerprint density at radius 2 is 1.90 bits per heavy atom. The molecule has 1 aromatic rings. The van der Waals surface area contributed by atoms with Crippen molar-refractivity contribution in [1.29, 1.82) is 5.26 Å². The molecule has 0 aromatic heterocycles. The fourth-order valence-electron chi connectivity index (χ4n) is 4.11. The lowest BCUT2D eigenvalue weighted by atomic mass is 9.77. The third-order valence-electron chi connectivity index (χ3n) is 5.39. The van der Waals surface area contributed by atoms with E-state index in [1.807, 2.05) is 13.1 Å². The second kappa shape index (κ2) is 6.07. The normalized spacial score (nSPS) is 20.7. The second-order valence-electron chi connectivity index (χ2n) is 6.69. The number of piperidine rings is 1. The predicted octanol–water partition coefficient (Wildman–Crippen LogP) is 3.44. The zero-order valence-corrected chi connectivity index (χ0v) is 13.0. The average molecular weight is 283 g/mol. The smallest absolute Gasteiger partial charge is 0.101 e. The van der Waals surface area contributed by atoms with E-state index in [1.54, 1.807) is 0 Å². The van der Waals surface area contributed by atoms with Gasteiger partial charge >= 0.3 is 0 Å². The molecule has 0 radical (unpaired) electrons. The molecule has 0 amide bonds. The number of nitrogens with one attached hydrogen (secondary N) is 1. The van der Waals surface area contributed by atoms with Crippen LogP contribution in [0.25, 0.3) is 0 Å². The highest BCUT2D eigenvalue weighted by Crippen LogP contribution is 2.46. The van der Waals surface area contributed by atoms with Gasteiger partial charge in [-0.1, -0.05) is 18.9 Å². The minimum absolute atomic E-state index is 0.634. The van der Waals surface area contributed by atoms with Gasteiger partial charge in [-0.15, -0.1) is 0 Å². The first-order chi connectivity index (χ1) is 10.3. The van der Waals surface area contributed by atoms with Crippen molar-refractivity contribution in [3.05, 3.63) is 29.3 Å². The molecule has 3 nitrogen and oxygen atoms in total. The highest BCUT2D eigenvalue weighted by Gasteiger charge is 2.37. The Hall–Kier alpha value is -1.53. The van der Waals surface area contributed by atoms with E-state index in [0.29, 0.717) is 5.41 Å². The molecular formula is C18H25N3. The zero-order chi connectivity index (χ0) is 14.7. The number of nitriles is 1. The summed E-state index contributed by atoms with van der Waals surface area (Å²) in [6.45, 7) is 3.04. The van der Waals surface area contributed by atoms with Crippen LogP contribution in [0.1, 0.15) is 49.7 Å². The highest BCUT2D eigenvalue weighted by molar-refractivity contribution is 5.60. The van der Waals surface area contributed by atoms with Crippen molar-refractivity contribution in [3.8, 4) is 6.07 Å². The van der Waals surface area contributed by atoms with Gasteiger partial charge in [-0.2, -0.15) is 5.26 Å². The summed E-state index contributed by atoms with van der Waals surface area (Å²) >= 11 is 0. The Balaban J connectivity index is 1.74. The maximum atomic E-state index is 9.45. The van der Waals surface area contributed by atoms with Crippen LogP contribution in [0.3, 0.4) is 0 Å². The van der Waals surface area contributed by atoms with Gasteiger partial charge in [0, 0.05) is 19.6 Å². The standard InChI is InChI=1S/C18H25N3/c1-20-14-15-4-5-17(16(12-15)13-19)21-10-8-18(9-11-21)6-2-3-7-18/h4-5,12,20H,2-3,6-11,14H2,1H3. The number of benzene rings is 1. The largest absolute Gasteiger partial charge is 0.370 e. The van der Waals surface area contributed by atoms with Gasteiger partial charge in [0.25, 0.3) is 0 Å². The number of hydrogen-bond donors (Lipinski definition) is 1. The quantitative estimate of drug-likeness (QED) is 0.923. The predicted molar refractivity (Wildman–Crippen MR) is 86.3 cm³/mol. The molecule has 3 heteroatoms. The molecule has 2 fully saturated rings. The molecule has 1 heterocycles. The van der Waals surface area contributed by atoms with Crippen LogP contribution < -0.4 is 10.2 Å². The summed E-state index contributed by atoms with van der Waals surface area (Å²) in [5, 5.41) is 12.6. The van der Waals surface area contributed by atoms with E-state index in [1.165, 1.54) is 44.1 Å². The van der Waals surface area contributed by atoms with Crippen molar-refractivity contribution in [2.75, 3.05) is 25.0 Å². The number of rotatable bonds is 3. The van der Waals surface area contributed by atoms with Gasteiger partial charge in [0.1, 0.15) is 6.07 Å². The van der Waals surface area contributed by atoms with Crippen molar-refractivity contribution in [2.45, 2.75) is 45.1 Å². The van der Waals surface area contributed by atoms with E-state index in [0.717, 1.165) is 30.9 Å². The maximum Gasteiger partial charge on any atom is 0.101 e. The number of nitrogens with zero attached hydrogens (tertiary/aromatic N) is 2. The van der Waals surface area contributed by atoms with Crippen LogP contribution >= 0.6 is 0 Å². The lowest BCUT2D eigenvalue weighted by Crippen LogP contribution is -2.39. The molecule has 0 bridgehead atoms. The molecule has 112 valence electrons. The molecule has 1 saturated heterocycles. The number of hydrogen-bond acceptors (Lipinski definition) is 3. The summed E-state index contributed by atoms with van der Waals surface area (Å²) in [5.41, 5.74) is 3.77. The molecule has 1 N–H and O–H groups in total. The van der Waals surface area contributed by atoms with E-state index in [4.69, 9.17) is 0 Å². The van der Waals surface area contributed by atoms with Gasteiger partial charge in [-0.25, -0.2) is 0 Å². The average Bonchev–Trinajstić information content (AvgIpc) is 2.97. The molecule has 0 unspecified atom stereocenters. The maximum absolute atomic E-state index is 9.45. The molecule has 1 aliphatic carbocycles. The summed E-state index contributed by atoms with van der Waals surface area (Å²) in [6.07, 6.45) is 8.29. The van der Waals surface area contributed by atoms with Gasteiger partial charge in [-0.05, 0) is 55.8 Å². The third-order valence-corrected chi connectivity index (χ3v) is 5.39. The molecule has 2 aliphatic rings. The summed E-state index contributed by atoms with van der Waals surface area (Å²) < 4.78 is 0. The van der Waals surface area contributed by atoms with Crippen molar-refractivity contribution < 1.29 is 0 Å². The van der Waals surface area contributed by atoms with E-state index < -0.39 is 0 Å². The molecule has 1 saturated carbocycles. The first-order valence-corrected chi connectivity index (χ1v) is 8.19. The number of anilines is 1. The lowest BCUT2D eigenvalue weighted by Gasteiger charge is -2.40. The van der Waals surface area contributed by atoms with Crippen molar-refractivity contribution in [2.24, 2.45) is 5.41 Å². The van der Waals surface area contributed by atoms with Crippen LogP contribution in [-0.4, -0.2) is 20.1 Å². The second-order valence-corrected chi connectivity index (χ2v) is 6.69. The van der Waals surface area contributed by atoms with Crippen LogP contribution in [0.4, 0.5) is 5.69 Å². The SMILES string of the molecule is CNCc1ccc(N2CCC3(CCCC3)CC2)c(C#N)c1. The highest BCUT2D eigenvalue weighted by atomic mass is 15.1. The van der Waals surface area contributed by atoms with Crippen LogP contribution in [0.15, 0.2) is 18.2 Å². The monoisotopic (exact) mass is 283 g/mol.